The van der Waals surface area contributed by atoms with Crippen molar-refractivity contribution in [2.24, 2.45) is 5.41 Å². The number of rotatable bonds is 3. The molecular formula is C17H22Cl2N4. The summed E-state index contributed by atoms with van der Waals surface area (Å²) in [5.74, 6) is 0. The lowest BCUT2D eigenvalue weighted by Crippen LogP contribution is -2.28. The van der Waals surface area contributed by atoms with E-state index in [1.807, 2.05) is 35.1 Å². The van der Waals surface area contributed by atoms with Crippen molar-refractivity contribution in [3.05, 3.63) is 47.2 Å². The van der Waals surface area contributed by atoms with Gasteiger partial charge in [0.2, 0.25) is 0 Å². The Morgan fingerprint density at radius 2 is 2.04 bits per heavy atom. The van der Waals surface area contributed by atoms with Gasteiger partial charge in [0.25, 0.3) is 0 Å². The molecule has 1 N–H and O–H groups in total. The average Bonchev–Trinajstić information content (AvgIpc) is 3.24. The Kier molecular flexibility index (Phi) is 4.97. The summed E-state index contributed by atoms with van der Waals surface area (Å²) in [6, 6.07) is 7.79. The van der Waals surface area contributed by atoms with Crippen LogP contribution in [0, 0.1) is 5.41 Å². The van der Waals surface area contributed by atoms with Gasteiger partial charge in [0.05, 0.1) is 11.9 Å². The van der Waals surface area contributed by atoms with Crippen LogP contribution in [-0.2, 0) is 6.54 Å². The number of hydrogen-bond donors (Lipinski definition) is 1. The highest BCUT2D eigenvalue weighted by Gasteiger charge is 2.40. The summed E-state index contributed by atoms with van der Waals surface area (Å²) in [6.45, 7) is 5.78. The Morgan fingerprint density at radius 1 is 1.22 bits per heavy atom. The van der Waals surface area contributed by atoms with Crippen molar-refractivity contribution in [3.8, 4) is 5.69 Å². The number of halogens is 2. The first-order chi connectivity index (χ1) is 10.7. The molecule has 1 aromatic carbocycles. The zero-order valence-corrected chi connectivity index (χ0v) is 14.6. The molecule has 23 heavy (non-hydrogen) atoms. The van der Waals surface area contributed by atoms with Gasteiger partial charge in [-0.25, -0.2) is 4.68 Å². The molecule has 3 heterocycles. The summed E-state index contributed by atoms with van der Waals surface area (Å²) in [4.78, 5) is 2.57. The van der Waals surface area contributed by atoms with Gasteiger partial charge in [0.1, 0.15) is 0 Å². The van der Waals surface area contributed by atoms with Crippen LogP contribution in [0.25, 0.3) is 5.69 Å². The molecule has 4 rings (SSSR count). The van der Waals surface area contributed by atoms with Crippen LogP contribution in [0.15, 0.2) is 36.7 Å². The lowest BCUT2D eigenvalue weighted by molar-refractivity contribution is 0.268. The van der Waals surface area contributed by atoms with Crippen LogP contribution in [-0.4, -0.2) is 40.9 Å². The molecule has 2 aromatic rings. The lowest BCUT2D eigenvalue weighted by Gasteiger charge is -2.22. The van der Waals surface area contributed by atoms with Crippen molar-refractivity contribution in [2.45, 2.75) is 19.4 Å². The number of nitrogens with zero attached hydrogens (tertiary/aromatic N) is 3. The third-order valence-electron chi connectivity index (χ3n) is 4.98. The van der Waals surface area contributed by atoms with Crippen LogP contribution in [0.2, 0.25) is 5.02 Å². The minimum Gasteiger partial charge on any atom is -0.316 e. The molecule has 4 nitrogen and oxygen atoms in total. The van der Waals surface area contributed by atoms with Gasteiger partial charge in [-0.1, -0.05) is 11.6 Å². The minimum atomic E-state index is 0. The Bertz CT molecular complexity index is 647. The highest BCUT2D eigenvalue weighted by molar-refractivity contribution is 6.30. The van der Waals surface area contributed by atoms with Crippen LogP contribution in [0.1, 0.15) is 18.4 Å². The number of benzene rings is 1. The van der Waals surface area contributed by atoms with Gasteiger partial charge in [-0.2, -0.15) is 5.10 Å². The van der Waals surface area contributed by atoms with E-state index < -0.39 is 0 Å². The van der Waals surface area contributed by atoms with E-state index in [2.05, 4.69) is 21.5 Å². The average molecular weight is 353 g/mol. The minimum absolute atomic E-state index is 0. The van der Waals surface area contributed by atoms with E-state index in [0.717, 1.165) is 17.3 Å². The molecule has 2 saturated heterocycles. The zero-order valence-electron chi connectivity index (χ0n) is 13.0. The van der Waals surface area contributed by atoms with Gasteiger partial charge < -0.3 is 5.32 Å². The predicted octanol–water partition coefficient (Wildman–Crippen LogP) is 3.13. The highest BCUT2D eigenvalue weighted by Crippen LogP contribution is 2.36. The number of likely N-dealkylation sites (tertiary alicyclic amines) is 1. The van der Waals surface area contributed by atoms with Crippen molar-refractivity contribution < 1.29 is 0 Å². The van der Waals surface area contributed by atoms with Gasteiger partial charge in [-0.05, 0) is 55.6 Å². The largest absolute Gasteiger partial charge is 0.316 e. The molecule has 2 aliphatic heterocycles. The van der Waals surface area contributed by atoms with E-state index in [1.165, 1.54) is 44.6 Å². The van der Waals surface area contributed by atoms with Crippen LogP contribution in [0.5, 0.6) is 0 Å². The fourth-order valence-corrected chi connectivity index (χ4v) is 3.87. The maximum atomic E-state index is 5.94. The SMILES string of the molecule is Cl.Clc1ccc(-n2cc(CN3CCC4(CCNC4)C3)cn2)cc1. The highest BCUT2D eigenvalue weighted by atomic mass is 35.5. The normalized spacial score (nSPS) is 24.2. The molecule has 0 saturated carbocycles. The molecule has 6 heteroatoms. The molecular weight excluding hydrogens is 331 g/mol. The smallest absolute Gasteiger partial charge is 0.0646 e. The Hall–Kier alpha value is -1.07. The lowest BCUT2D eigenvalue weighted by atomic mass is 9.87. The van der Waals surface area contributed by atoms with E-state index in [1.54, 1.807) is 0 Å². The summed E-state index contributed by atoms with van der Waals surface area (Å²) in [5.41, 5.74) is 2.86. The second kappa shape index (κ2) is 6.81. The van der Waals surface area contributed by atoms with E-state index in [4.69, 9.17) is 11.6 Å². The molecule has 1 unspecified atom stereocenters. The van der Waals surface area contributed by atoms with Crippen LogP contribution in [0.3, 0.4) is 0 Å². The third-order valence-corrected chi connectivity index (χ3v) is 5.23. The second-order valence-electron chi connectivity index (χ2n) is 6.66. The van der Waals surface area contributed by atoms with Gasteiger partial charge >= 0.3 is 0 Å². The molecule has 1 spiro atoms. The topological polar surface area (TPSA) is 33.1 Å². The molecule has 124 valence electrons. The maximum absolute atomic E-state index is 5.94. The maximum Gasteiger partial charge on any atom is 0.0646 e. The molecule has 0 bridgehead atoms. The van der Waals surface area contributed by atoms with Crippen LogP contribution >= 0.6 is 24.0 Å². The first kappa shape index (κ1) is 16.8. The van der Waals surface area contributed by atoms with Gasteiger partial charge in [0.15, 0.2) is 0 Å². The zero-order chi connectivity index (χ0) is 15.0. The third kappa shape index (κ3) is 3.56. The van der Waals surface area contributed by atoms with Crippen molar-refractivity contribution >= 4 is 24.0 Å². The Labute approximate surface area is 148 Å². The monoisotopic (exact) mass is 352 g/mol. The Balaban J connectivity index is 0.00000156. The predicted molar refractivity (Wildman–Crippen MR) is 95.6 cm³/mol. The van der Waals surface area contributed by atoms with E-state index in [9.17, 15) is 0 Å². The molecule has 2 fully saturated rings. The second-order valence-corrected chi connectivity index (χ2v) is 7.09. The van der Waals surface area contributed by atoms with Crippen LogP contribution in [0.4, 0.5) is 0 Å². The quantitative estimate of drug-likeness (QED) is 0.920. The van der Waals surface area contributed by atoms with Crippen molar-refractivity contribution in [1.29, 1.82) is 0 Å². The fourth-order valence-electron chi connectivity index (χ4n) is 3.74. The van der Waals surface area contributed by atoms with E-state index >= 15 is 0 Å². The first-order valence-electron chi connectivity index (χ1n) is 7.95. The number of hydrogen-bond acceptors (Lipinski definition) is 3. The van der Waals surface area contributed by atoms with Gasteiger partial charge in [0, 0.05) is 36.4 Å². The van der Waals surface area contributed by atoms with Crippen molar-refractivity contribution in [3.63, 3.8) is 0 Å². The fraction of sp³-hybridized carbons (Fsp3) is 0.471. The standard InChI is InChI=1S/C17H21ClN4.ClH/c18-15-1-3-16(4-2-15)22-11-14(9-20-22)10-21-8-6-17(13-21)5-7-19-12-17;/h1-4,9,11,19H,5-8,10,12-13H2;1H. The first-order valence-corrected chi connectivity index (χ1v) is 8.33. The van der Waals surface area contributed by atoms with Gasteiger partial charge in [-0.15, -0.1) is 12.4 Å². The molecule has 0 radical (unpaired) electrons. The summed E-state index contributed by atoms with van der Waals surface area (Å²) in [5, 5.41) is 8.75. The summed E-state index contributed by atoms with van der Waals surface area (Å²) >= 11 is 5.94. The summed E-state index contributed by atoms with van der Waals surface area (Å²) in [6.07, 6.45) is 6.76. The summed E-state index contributed by atoms with van der Waals surface area (Å²) < 4.78 is 1.93. The van der Waals surface area contributed by atoms with Gasteiger partial charge in [-0.3, -0.25) is 4.90 Å². The number of nitrogens with one attached hydrogen (secondary N) is 1. The number of aromatic nitrogens is 2. The van der Waals surface area contributed by atoms with Crippen molar-refractivity contribution in [2.75, 3.05) is 26.2 Å². The molecule has 0 aliphatic carbocycles. The molecule has 0 amide bonds. The molecule has 2 aliphatic rings. The van der Waals surface area contributed by atoms with Crippen LogP contribution < -0.4 is 5.32 Å². The van der Waals surface area contributed by atoms with Crippen molar-refractivity contribution in [1.82, 2.24) is 20.0 Å². The molecule has 1 atom stereocenters. The van der Waals surface area contributed by atoms with E-state index in [-0.39, 0.29) is 12.4 Å². The van der Waals surface area contributed by atoms with E-state index in [0.29, 0.717) is 5.41 Å². The Morgan fingerprint density at radius 3 is 2.78 bits per heavy atom. The summed E-state index contributed by atoms with van der Waals surface area (Å²) in [7, 11) is 0. The molecule has 1 aromatic heterocycles.